The lowest BCUT2D eigenvalue weighted by molar-refractivity contribution is 0.1000. The van der Waals surface area contributed by atoms with Gasteiger partial charge in [-0.2, -0.15) is 0 Å². The quantitative estimate of drug-likeness (QED) is 0.222. The first-order valence-corrected chi connectivity index (χ1v) is 15.6. The van der Waals surface area contributed by atoms with Gasteiger partial charge in [0, 0.05) is 47.8 Å². The number of primary amides is 1. The number of carbonyl (C=O) groups excluding carboxylic acids is 2. The SMILES string of the molecule is COCCOc1ccc(C(N)=O)c(-c2cc(C(CNC3CCC(N4C(=O)OC[C@H]4CO)CC3)c3ccccc3)ccc2Cl)c1F. The van der Waals surface area contributed by atoms with E-state index in [2.05, 4.69) is 5.32 Å². The number of halogens is 2. The number of carbonyl (C=O) groups is 2. The topological polar surface area (TPSA) is 123 Å². The Morgan fingerprint density at radius 2 is 1.87 bits per heavy atom. The van der Waals surface area contributed by atoms with Crippen LogP contribution in [0.2, 0.25) is 5.02 Å². The highest BCUT2D eigenvalue weighted by molar-refractivity contribution is 6.33. The number of methoxy groups -OCH3 is 1. The highest BCUT2D eigenvalue weighted by atomic mass is 35.5. The predicted octanol–water partition coefficient (Wildman–Crippen LogP) is 5.12. The zero-order chi connectivity index (χ0) is 31.9. The monoisotopic (exact) mass is 639 g/mol. The fourth-order valence-corrected chi connectivity index (χ4v) is 6.55. The van der Waals surface area contributed by atoms with Crippen LogP contribution in [0, 0.1) is 5.82 Å². The Morgan fingerprint density at radius 1 is 1.11 bits per heavy atom. The van der Waals surface area contributed by atoms with Crippen LogP contribution in [0.25, 0.3) is 11.1 Å². The number of amides is 2. The van der Waals surface area contributed by atoms with E-state index in [0.29, 0.717) is 12.1 Å². The van der Waals surface area contributed by atoms with Crippen molar-refractivity contribution in [2.24, 2.45) is 5.73 Å². The highest BCUT2D eigenvalue weighted by Crippen LogP contribution is 2.39. The summed E-state index contributed by atoms with van der Waals surface area (Å²) >= 11 is 6.66. The van der Waals surface area contributed by atoms with Crippen LogP contribution in [0.4, 0.5) is 9.18 Å². The van der Waals surface area contributed by atoms with Crippen LogP contribution in [-0.2, 0) is 9.47 Å². The molecule has 2 amide bonds. The average molecular weight is 640 g/mol. The molecule has 4 N–H and O–H groups in total. The van der Waals surface area contributed by atoms with Gasteiger partial charge in [-0.1, -0.05) is 48.0 Å². The first-order chi connectivity index (χ1) is 21.8. The van der Waals surface area contributed by atoms with E-state index < -0.39 is 11.7 Å². The number of nitrogens with zero attached hydrogens (tertiary/aromatic N) is 1. The lowest BCUT2D eigenvalue weighted by atomic mass is 9.86. The first kappa shape index (κ1) is 32.7. The maximum atomic E-state index is 16.0. The third-order valence-electron chi connectivity index (χ3n) is 8.70. The molecule has 45 heavy (non-hydrogen) atoms. The van der Waals surface area contributed by atoms with Crippen LogP contribution in [0.3, 0.4) is 0 Å². The molecule has 2 fully saturated rings. The van der Waals surface area contributed by atoms with Crippen LogP contribution in [0.5, 0.6) is 5.75 Å². The Labute approximate surface area is 267 Å². The molecular formula is C34H39ClFN3O6. The van der Waals surface area contributed by atoms with Gasteiger partial charge >= 0.3 is 6.09 Å². The molecule has 0 spiro atoms. The summed E-state index contributed by atoms with van der Waals surface area (Å²) in [7, 11) is 1.52. The van der Waals surface area contributed by atoms with E-state index in [-0.39, 0.29) is 78.5 Å². The van der Waals surface area contributed by atoms with Crippen LogP contribution in [-0.4, -0.2) is 80.2 Å². The zero-order valence-corrected chi connectivity index (χ0v) is 26.0. The maximum Gasteiger partial charge on any atom is 0.410 e. The van der Waals surface area contributed by atoms with Crippen molar-refractivity contribution in [1.29, 1.82) is 0 Å². The normalized spacial score (nSPS) is 20.6. The van der Waals surface area contributed by atoms with E-state index in [0.717, 1.165) is 36.8 Å². The molecule has 5 rings (SSSR count). The van der Waals surface area contributed by atoms with Crippen molar-refractivity contribution in [3.05, 3.63) is 88.2 Å². The van der Waals surface area contributed by atoms with E-state index >= 15 is 4.39 Å². The lowest BCUT2D eigenvalue weighted by Crippen LogP contribution is -2.48. The van der Waals surface area contributed by atoms with Gasteiger partial charge in [0.05, 0.1) is 24.8 Å². The number of aliphatic hydroxyl groups is 1. The van der Waals surface area contributed by atoms with Gasteiger partial charge in [-0.15, -0.1) is 0 Å². The molecule has 1 aliphatic carbocycles. The molecule has 0 aromatic heterocycles. The first-order valence-electron chi connectivity index (χ1n) is 15.2. The van der Waals surface area contributed by atoms with Gasteiger partial charge in [0.15, 0.2) is 11.6 Å². The molecule has 3 aromatic rings. The van der Waals surface area contributed by atoms with Crippen LogP contribution in [0.15, 0.2) is 60.7 Å². The molecule has 240 valence electrons. The molecule has 0 bridgehead atoms. The summed E-state index contributed by atoms with van der Waals surface area (Å²) < 4.78 is 31.7. The van der Waals surface area contributed by atoms with Gasteiger partial charge < -0.3 is 30.4 Å². The molecule has 2 aliphatic rings. The van der Waals surface area contributed by atoms with Crippen molar-refractivity contribution in [1.82, 2.24) is 10.2 Å². The fraction of sp³-hybridized carbons (Fsp3) is 0.412. The van der Waals surface area contributed by atoms with Crippen LogP contribution in [0.1, 0.15) is 53.1 Å². The number of hydrogen-bond acceptors (Lipinski definition) is 7. The minimum Gasteiger partial charge on any atom is -0.488 e. The predicted molar refractivity (Wildman–Crippen MR) is 169 cm³/mol. The second-order valence-electron chi connectivity index (χ2n) is 11.4. The number of cyclic esters (lactones) is 1. The Kier molecular flexibility index (Phi) is 10.9. The van der Waals surface area contributed by atoms with Crippen molar-refractivity contribution in [2.75, 3.05) is 40.1 Å². The van der Waals surface area contributed by atoms with Crippen LogP contribution < -0.4 is 15.8 Å². The Balaban J connectivity index is 1.39. The van der Waals surface area contributed by atoms with Crippen molar-refractivity contribution in [3.63, 3.8) is 0 Å². The molecule has 9 nitrogen and oxygen atoms in total. The maximum absolute atomic E-state index is 16.0. The van der Waals surface area contributed by atoms with E-state index in [9.17, 15) is 14.7 Å². The molecule has 2 atom stereocenters. The molecule has 3 aromatic carbocycles. The van der Waals surface area contributed by atoms with Crippen molar-refractivity contribution in [3.8, 4) is 16.9 Å². The molecule has 0 radical (unpaired) electrons. The van der Waals surface area contributed by atoms with E-state index in [1.807, 2.05) is 42.5 Å². The number of hydrogen-bond donors (Lipinski definition) is 3. The van der Waals surface area contributed by atoms with Crippen molar-refractivity contribution < 1.29 is 33.3 Å². The van der Waals surface area contributed by atoms with E-state index in [4.69, 9.17) is 31.5 Å². The minimum atomic E-state index is -0.779. The lowest BCUT2D eigenvalue weighted by Gasteiger charge is -2.36. The number of nitrogens with two attached hydrogens (primary N) is 1. The number of rotatable bonds is 13. The van der Waals surface area contributed by atoms with Gasteiger partial charge in [0.25, 0.3) is 0 Å². The van der Waals surface area contributed by atoms with Crippen molar-refractivity contribution >= 4 is 23.6 Å². The summed E-state index contributed by atoms with van der Waals surface area (Å²) in [5.74, 6) is -1.65. The smallest absolute Gasteiger partial charge is 0.410 e. The summed E-state index contributed by atoms with van der Waals surface area (Å²) in [6.07, 6.45) is 2.99. The fourth-order valence-electron chi connectivity index (χ4n) is 6.34. The van der Waals surface area contributed by atoms with Gasteiger partial charge in [-0.05, 0) is 61.1 Å². The van der Waals surface area contributed by atoms with Crippen LogP contribution >= 0.6 is 11.6 Å². The second kappa shape index (κ2) is 15.1. The van der Waals surface area contributed by atoms with Gasteiger partial charge in [-0.3, -0.25) is 9.69 Å². The average Bonchev–Trinajstić information content (AvgIpc) is 3.43. The number of aliphatic hydroxyl groups excluding tert-OH is 1. The van der Waals surface area contributed by atoms with Crippen molar-refractivity contribution in [2.45, 2.75) is 49.7 Å². The van der Waals surface area contributed by atoms with E-state index in [1.54, 1.807) is 11.0 Å². The Hall–Kier alpha value is -3.70. The number of nitrogens with one attached hydrogen (secondary N) is 1. The molecule has 1 unspecified atom stereocenters. The third kappa shape index (κ3) is 7.41. The largest absolute Gasteiger partial charge is 0.488 e. The molecular weight excluding hydrogens is 601 g/mol. The summed E-state index contributed by atoms with van der Waals surface area (Å²) in [6.45, 7) is 1.11. The second-order valence-corrected chi connectivity index (χ2v) is 11.8. The van der Waals surface area contributed by atoms with E-state index in [1.165, 1.54) is 19.2 Å². The molecule has 1 heterocycles. The van der Waals surface area contributed by atoms with Gasteiger partial charge in [0.2, 0.25) is 5.91 Å². The van der Waals surface area contributed by atoms with Gasteiger partial charge in [-0.25, -0.2) is 9.18 Å². The molecule has 1 saturated carbocycles. The summed E-state index contributed by atoms with van der Waals surface area (Å²) in [4.78, 5) is 26.4. The summed E-state index contributed by atoms with van der Waals surface area (Å²) in [6, 6.07) is 18.3. The summed E-state index contributed by atoms with van der Waals surface area (Å²) in [5, 5.41) is 13.7. The van der Waals surface area contributed by atoms with Gasteiger partial charge in [0.1, 0.15) is 13.2 Å². The summed E-state index contributed by atoms with van der Waals surface area (Å²) in [5.41, 5.74) is 7.95. The molecule has 1 aliphatic heterocycles. The molecule has 1 saturated heterocycles. The third-order valence-corrected chi connectivity index (χ3v) is 9.03. The number of benzene rings is 3. The standard InChI is InChI=1S/C34H39ClFN3O6/c1-43-15-16-44-30-14-12-26(33(37)41)31(32(30)36)27-17-22(7-13-29(27)35)28(21-5-3-2-4-6-21)18-38-23-8-10-24(11-9-23)39-25(19-40)20-45-34(39)42/h2-7,12-14,17,23-25,28,38,40H,8-11,15-16,18-20H2,1H3,(H2,37,41)/t23?,24?,25-,28?/m1/s1. The number of ether oxygens (including phenoxy) is 3. The zero-order valence-electron chi connectivity index (χ0n) is 25.2. The Morgan fingerprint density at radius 3 is 2.56 bits per heavy atom. The highest BCUT2D eigenvalue weighted by Gasteiger charge is 2.39. The Bertz CT molecular complexity index is 1480. The molecule has 11 heteroatoms. The minimum absolute atomic E-state index is 0.00195.